The van der Waals surface area contributed by atoms with Crippen molar-refractivity contribution in [3.63, 3.8) is 0 Å². The highest BCUT2D eigenvalue weighted by molar-refractivity contribution is 5.96. The number of benzene rings is 2. The lowest BCUT2D eigenvalue weighted by Crippen LogP contribution is -2.31. The number of aryl methyl sites for hydroxylation is 1. The Bertz CT molecular complexity index is 698. The van der Waals surface area contributed by atoms with Crippen molar-refractivity contribution < 1.29 is 9.72 Å². The van der Waals surface area contributed by atoms with Gasteiger partial charge in [0.1, 0.15) is 6.04 Å². The third-order valence-electron chi connectivity index (χ3n) is 3.46. The molecule has 0 heterocycles. The highest BCUT2D eigenvalue weighted by atomic mass is 16.6. The predicted octanol–water partition coefficient (Wildman–Crippen LogP) is 3.60. The second-order valence-electron chi connectivity index (χ2n) is 5.21. The van der Waals surface area contributed by atoms with E-state index in [9.17, 15) is 14.9 Å². The van der Waals surface area contributed by atoms with Gasteiger partial charge in [0.2, 0.25) is 5.91 Å². The minimum Gasteiger partial charge on any atom is -0.374 e. The topological polar surface area (TPSA) is 84.3 Å². The van der Waals surface area contributed by atoms with Crippen LogP contribution in [0.4, 0.5) is 17.1 Å². The number of hydrogen-bond acceptors (Lipinski definition) is 4. The van der Waals surface area contributed by atoms with Gasteiger partial charge in [-0.15, -0.1) is 0 Å². The zero-order valence-corrected chi connectivity index (χ0v) is 13.1. The molecule has 2 rings (SSSR count). The van der Waals surface area contributed by atoms with Gasteiger partial charge in [-0.25, -0.2) is 0 Å². The van der Waals surface area contributed by atoms with Crippen molar-refractivity contribution in [3.8, 4) is 0 Å². The summed E-state index contributed by atoms with van der Waals surface area (Å²) in [6, 6.07) is 13.3. The fourth-order valence-corrected chi connectivity index (χ4v) is 2.10. The SMILES string of the molecule is CCc1ccc(NC(C)C(=O)Nc2cccc([N+](=O)[O-])c2)cc1. The molecule has 1 atom stereocenters. The first kappa shape index (κ1) is 16.5. The van der Waals surface area contributed by atoms with Crippen molar-refractivity contribution >= 4 is 23.0 Å². The molecule has 1 amide bonds. The molecular weight excluding hydrogens is 294 g/mol. The van der Waals surface area contributed by atoms with Crippen LogP contribution in [-0.2, 0) is 11.2 Å². The number of non-ortho nitro benzene ring substituents is 1. The summed E-state index contributed by atoms with van der Waals surface area (Å²) in [6.07, 6.45) is 0.961. The zero-order chi connectivity index (χ0) is 16.8. The van der Waals surface area contributed by atoms with Gasteiger partial charge in [-0.05, 0) is 37.1 Å². The Morgan fingerprint density at radius 3 is 2.48 bits per heavy atom. The molecule has 0 spiro atoms. The molecule has 0 aliphatic carbocycles. The molecule has 0 fully saturated rings. The summed E-state index contributed by atoms with van der Waals surface area (Å²) >= 11 is 0. The Labute approximate surface area is 134 Å². The van der Waals surface area contributed by atoms with Crippen LogP contribution in [0.15, 0.2) is 48.5 Å². The molecule has 120 valence electrons. The normalized spacial score (nSPS) is 11.6. The lowest BCUT2D eigenvalue weighted by Gasteiger charge is -2.15. The van der Waals surface area contributed by atoms with Crippen molar-refractivity contribution in [2.24, 2.45) is 0 Å². The first-order valence-corrected chi connectivity index (χ1v) is 7.40. The lowest BCUT2D eigenvalue weighted by molar-refractivity contribution is -0.384. The van der Waals surface area contributed by atoms with Crippen molar-refractivity contribution in [1.82, 2.24) is 0 Å². The second kappa shape index (κ2) is 7.40. The summed E-state index contributed by atoms with van der Waals surface area (Å²) < 4.78 is 0. The van der Waals surface area contributed by atoms with Gasteiger partial charge in [-0.2, -0.15) is 0 Å². The molecule has 0 aliphatic rings. The zero-order valence-electron chi connectivity index (χ0n) is 13.1. The van der Waals surface area contributed by atoms with Crippen LogP contribution in [0.5, 0.6) is 0 Å². The van der Waals surface area contributed by atoms with Crippen molar-refractivity contribution in [2.45, 2.75) is 26.3 Å². The number of nitrogens with zero attached hydrogens (tertiary/aromatic N) is 1. The Hall–Kier alpha value is -2.89. The van der Waals surface area contributed by atoms with Gasteiger partial charge in [0, 0.05) is 23.5 Å². The average molecular weight is 313 g/mol. The van der Waals surface area contributed by atoms with E-state index in [2.05, 4.69) is 17.6 Å². The molecule has 0 bridgehead atoms. The first-order chi connectivity index (χ1) is 11.0. The van der Waals surface area contributed by atoms with Crippen LogP contribution in [0, 0.1) is 10.1 Å². The van der Waals surface area contributed by atoms with E-state index < -0.39 is 11.0 Å². The fourth-order valence-electron chi connectivity index (χ4n) is 2.10. The van der Waals surface area contributed by atoms with Crippen LogP contribution in [-0.4, -0.2) is 16.9 Å². The Morgan fingerprint density at radius 2 is 1.87 bits per heavy atom. The minimum atomic E-state index is -0.493. The fraction of sp³-hybridized carbons (Fsp3) is 0.235. The molecule has 0 saturated carbocycles. The van der Waals surface area contributed by atoms with Crippen molar-refractivity contribution in [1.29, 1.82) is 0 Å². The number of anilines is 2. The monoisotopic (exact) mass is 313 g/mol. The third kappa shape index (κ3) is 4.54. The number of carbonyl (C=O) groups is 1. The molecule has 2 aromatic rings. The Balaban J connectivity index is 1.99. The number of hydrogen-bond donors (Lipinski definition) is 2. The van der Waals surface area contributed by atoms with Gasteiger partial charge in [-0.3, -0.25) is 14.9 Å². The molecular formula is C17H19N3O3. The maximum atomic E-state index is 12.2. The molecule has 0 aromatic heterocycles. The number of carbonyl (C=O) groups excluding carboxylic acids is 1. The summed E-state index contributed by atoms with van der Waals surface area (Å²) in [4.78, 5) is 22.4. The van der Waals surface area contributed by atoms with Crippen molar-refractivity contribution in [2.75, 3.05) is 10.6 Å². The molecule has 0 aliphatic heterocycles. The molecule has 1 unspecified atom stereocenters. The maximum absolute atomic E-state index is 12.2. The van der Waals surface area contributed by atoms with Gasteiger partial charge in [0.15, 0.2) is 0 Å². The molecule has 6 nitrogen and oxygen atoms in total. The summed E-state index contributed by atoms with van der Waals surface area (Å²) in [5, 5.41) is 16.5. The van der Waals surface area contributed by atoms with E-state index in [1.165, 1.54) is 23.8 Å². The van der Waals surface area contributed by atoms with Crippen LogP contribution < -0.4 is 10.6 Å². The van der Waals surface area contributed by atoms with E-state index in [0.717, 1.165) is 12.1 Å². The average Bonchev–Trinajstić information content (AvgIpc) is 2.55. The third-order valence-corrected chi connectivity index (χ3v) is 3.46. The van der Waals surface area contributed by atoms with Gasteiger partial charge in [0.05, 0.1) is 4.92 Å². The van der Waals surface area contributed by atoms with Gasteiger partial charge in [-0.1, -0.05) is 25.1 Å². The van der Waals surface area contributed by atoms with E-state index in [0.29, 0.717) is 5.69 Å². The first-order valence-electron chi connectivity index (χ1n) is 7.40. The Morgan fingerprint density at radius 1 is 1.17 bits per heavy atom. The van der Waals surface area contributed by atoms with Gasteiger partial charge < -0.3 is 10.6 Å². The molecule has 2 aromatic carbocycles. The summed E-state index contributed by atoms with van der Waals surface area (Å²) in [7, 11) is 0. The maximum Gasteiger partial charge on any atom is 0.271 e. The molecule has 6 heteroatoms. The van der Waals surface area contributed by atoms with Gasteiger partial charge >= 0.3 is 0 Å². The van der Waals surface area contributed by atoms with Crippen LogP contribution in [0.1, 0.15) is 19.4 Å². The molecule has 0 saturated heterocycles. The molecule has 23 heavy (non-hydrogen) atoms. The van der Waals surface area contributed by atoms with Crippen LogP contribution >= 0.6 is 0 Å². The lowest BCUT2D eigenvalue weighted by atomic mass is 10.1. The van der Waals surface area contributed by atoms with E-state index in [4.69, 9.17) is 0 Å². The minimum absolute atomic E-state index is 0.0569. The van der Waals surface area contributed by atoms with Crippen LogP contribution in [0.3, 0.4) is 0 Å². The van der Waals surface area contributed by atoms with Crippen molar-refractivity contribution in [3.05, 3.63) is 64.2 Å². The van der Waals surface area contributed by atoms with E-state index in [1.807, 2.05) is 24.3 Å². The highest BCUT2D eigenvalue weighted by Crippen LogP contribution is 2.18. The standard InChI is InChI=1S/C17H19N3O3/c1-3-13-7-9-14(10-8-13)18-12(2)17(21)19-15-5-4-6-16(11-15)20(22)23/h4-12,18H,3H2,1-2H3,(H,19,21). The summed E-state index contributed by atoms with van der Waals surface area (Å²) in [5.74, 6) is -0.259. The summed E-state index contributed by atoms with van der Waals surface area (Å²) in [6.45, 7) is 3.82. The van der Waals surface area contributed by atoms with E-state index in [1.54, 1.807) is 13.0 Å². The number of amides is 1. The number of rotatable bonds is 6. The predicted molar refractivity (Wildman–Crippen MR) is 90.6 cm³/mol. The molecule has 0 radical (unpaired) electrons. The number of nitro benzene ring substituents is 1. The number of nitrogens with one attached hydrogen (secondary N) is 2. The second-order valence-corrected chi connectivity index (χ2v) is 5.21. The Kier molecular flexibility index (Phi) is 5.30. The van der Waals surface area contributed by atoms with E-state index >= 15 is 0 Å². The molecule has 2 N–H and O–H groups in total. The number of nitro groups is 1. The smallest absolute Gasteiger partial charge is 0.271 e. The largest absolute Gasteiger partial charge is 0.374 e. The summed E-state index contributed by atoms with van der Waals surface area (Å²) in [5.41, 5.74) is 2.42. The van der Waals surface area contributed by atoms with Crippen LogP contribution in [0.2, 0.25) is 0 Å². The quantitative estimate of drug-likeness (QED) is 0.630. The van der Waals surface area contributed by atoms with E-state index in [-0.39, 0.29) is 11.6 Å². The van der Waals surface area contributed by atoms with Crippen LogP contribution in [0.25, 0.3) is 0 Å². The van der Waals surface area contributed by atoms with Gasteiger partial charge in [0.25, 0.3) is 5.69 Å². The highest BCUT2D eigenvalue weighted by Gasteiger charge is 2.14.